The third-order valence-electron chi connectivity index (χ3n) is 4.30. The Morgan fingerprint density at radius 2 is 2.05 bits per heavy atom. The molecule has 1 saturated carbocycles. The number of rotatable bonds is 4. The number of nitrogen functional groups attached to an aromatic ring is 1. The quantitative estimate of drug-likeness (QED) is 0.925. The van der Waals surface area contributed by atoms with E-state index in [1.807, 2.05) is 26.0 Å². The predicted molar refractivity (Wildman–Crippen MR) is 86.5 cm³/mol. The van der Waals surface area contributed by atoms with Gasteiger partial charge in [-0.25, -0.2) is 4.98 Å². The van der Waals surface area contributed by atoms with E-state index in [1.54, 1.807) is 0 Å². The average Bonchev–Trinajstić information content (AvgIpc) is 2.77. The molecule has 2 aromatic rings. The van der Waals surface area contributed by atoms with Gasteiger partial charge in [0.05, 0.1) is 11.6 Å². The van der Waals surface area contributed by atoms with Crippen LogP contribution in [0.15, 0.2) is 18.2 Å². The number of imidazole rings is 1. The zero-order chi connectivity index (χ0) is 14.8. The maximum atomic E-state index is 6.17. The van der Waals surface area contributed by atoms with Crippen LogP contribution in [0.1, 0.15) is 46.0 Å². The third kappa shape index (κ3) is 2.99. The summed E-state index contributed by atoms with van der Waals surface area (Å²) in [6, 6.07) is 6.09. The van der Waals surface area contributed by atoms with Gasteiger partial charge in [-0.3, -0.25) is 0 Å². The first kappa shape index (κ1) is 14.2. The van der Waals surface area contributed by atoms with Crippen LogP contribution >= 0.6 is 0 Å². The number of para-hydroxylation sites is 1. The number of fused-ring (bicyclic) bond motifs is 1. The largest absolute Gasteiger partial charge is 0.489 e. The lowest BCUT2D eigenvalue weighted by Gasteiger charge is -2.22. The van der Waals surface area contributed by atoms with E-state index in [0.717, 1.165) is 29.2 Å². The van der Waals surface area contributed by atoms with Crippen molar-refractivity contribution in [2.24, 2.45) is 5.92 Å². The molecule has 0 unspecified atom stereocenters. The summed E-state index contributed by atoms with van der Waals surface area (Å²) in [5, 5.41) is 0. The van der Waals surface area contributed by atoms with Crippen LogP contribution in [0.3, 0.4) is 0 Å². The molecule has 1 aromatic heterocycles. The molecular weight excluding hydrogens is 262 g/mol. The lowest BCUT2D eigenvalue weighted by Crippen LogP contribution is -2.15. The summed E-state index contributed by atoms with van der Waals surface area (Å²) in [6.07, 6.45) is 6.82. The Bertz CT molecular complexity index is 612. The fourth-order valence-corrected chi connectivity index (χ4v) is 3.31. The first-order valence-corrected chi connectivity index (χ1v) is 8.06. The average molecular weight is 287 g/mol. The Kier molecular flexibility index (Phi) is 4.04. The minimum absolute atomic E-state index is 0.139. The molecule has 0 radical (unpaired) electrons. The van der Waals surface area contributed by atoms with Crippen molar-refractivity contribution in [3.05, 3.63) is 18.2 Å². The van der Waals surface area contributed by atoms with Crippen molar-refractivity contribution in [3.63, 3.8) is 0 Å². The Morgan fingerprint density at radius 1 is 1.29 bits per heavy atom. The van der Waals surface area contributed by atoms with Gasteiger partial charge in [0.25, 0.3) is 0 Å². The van der Waals surface area contributed by atoms with Crippen LogP contribution in [0, 0.1) is 5.92 Å². The summed E-state index contributed by atoms with van der Waals surface area (Å²) in [7, 11) is 0. The van der Waals surface area contributed by atoms with Crippen molar-refractivity contribution in [3.8, 4) is 5.75 Å². The van der Waals surface area contributed by atoms with Crippen molar-refractivity contribution in [1.29, 1.82) is 0 Å². The van der Waals surface area contributed by atoms with Gasteiger partial charge >= 0.3 is 0 Å². The second-order valence-electron chi connectivity index (χ2n) is 6.38. The van der Waals surface area contributed by atoms with Crippen LogP contribution in [0.2, 0.25) is 0 Å². The molecule has 0 spiro atoms. The van der Waals surface area contributed by atoms with Crippen LogP contribution in [-0.4, -0.2) is 15.7 Å². The normalized spacial score (nSPS) is 16.7. The van der Waals surface area contributed by atoms with Crippen molar-refractivity contribution < 1.29 is 4.74 Å². The molecule has 1 aliphatic rings. The maximum Gasteiger partial charge on any atom is 0.201 e. The molecule has 0 bridgehead atoms. The van der Waals surface area contributed by atoms with E-state index in [9.17, 15) is 0 Å². The highest BCUT2D eigenvalue weighted by molar-refractivity contribution is 5.84. The Hall–Kier alpha value is -1.71. The number of benzene rings is 1. The topological polar surface area (TPSA) is 53.1 Å². The number of hydrogen-bond donors (Lipinski definition) is 1. The number of aromatic nitrogens is 2. The van der Waals surface area contributed by atoms with Crippen LogP contribution < -0.4 is 10.5 Å². The molecule has 4 heteroatoms. The SMILES string of the molecule is CC(C)Oc1cccc2c1nc(N)n2CC1CCCCC1. The fraction of sp³-hybridized carbons (Fsp3) is 0.588. The number of anilines is 1. The van der Waals surface area contributed by atoms with Crippen molar-refractivity contribution in [1.82, 2.24) is 9.55 Å². The van der Waals surface area contributed by atoms with Gasteiger partial charge in [-0.05, 0) is 44.7 Å². The van der Waals surface area contributed by atoms with Gasteiger partial charge in [0.2, 0.25) is 5.95 Å². The summed E-state index contributed by atoms with van der Waals surface area (Å²) in [5.74, 6) is 2.17. The Balaban J connectivity index is 1.93. The van der Waals surface area contributed by atoms with E-state index in [2.05, 4.69) is 15.6 Å². The molecule has 2 N–H and O–H groups in total. The second-order valence-corrected chi connectivity index (χ2v) is 6.38. The van der Waals surface area contributed by atoms with Gasteiger partial charge in [0, 0.05) is 6.54 Å². The van der Waals surface area contributed by atoms with Crippen LogP contribution in [0.25, 0.3) is 11.0 Å². The monoisotopic (exact) mass is 287 g/mol. The first-order valence-electron chi connectivity index (χ1n) is 8.06. The zero-order valence-corrected chi connectivity index (χ0v) is 13.0. The van der Waals surface area contributed by atoms with Gasteiger partial charge < -0.3 is 15.0 Å². The predicted octanol–water partition coefficient (Wildman–Crippen LogP) is 3.99. The summed E-state index contributed by atoms with van der Waals surface area (Å²) in [6.45, 7) is 5.04. The van der Waals surface area contributed by atoms with Crippen LogP contribution in [0.5, 0.6) is 5.75 Å². The van der Waals surface area contributed by atoms with Crippen molar-refractivity contribution in [2.45, 2.75) is 58.6 Å². The summed E-state index contributed by atoms with van der Waals surface area (Å²) >= 11 is 0. The minimum atomic E-state index is 0.139. The Morgan fingerprint density at radius 3 is 2.76 bits per heavy atom. The minimum Gasteiger partial charge on any atom is -0.489 e. The van der Waals surface area contributed by atoms with Crippen LogP contribution in [-0.2, 0) is 6.54 Å². The molecule has 1 aromatic carbocycles. The van der Waals surface area contributed by atoms with E-state index >= 15 is 0 Å². The molecule has 114 valence electrons. The van der Waals surface area contributed by atoms with Gasteiger partial charge in [-0.2, -0.15) is 0 Å². The zero-order valence-electron chi connectivity index (χ0n) is 13.0. The highest BCUT2D eigenvalue weighted by atomic mass is 16.5. The summed E-state index contributed by atoms with van der Waals surface area (Å²) in [4.78, 5) is 4.55. The molecule has 1 fully saturated rings. The van der Waals surface area contributed by atoms with Crippen molar-refractivity contribution >= 4 is 17.0 Å². The lowest BCUT2D eigenvalue weighted by atomic mass is 9.89. The molecule has 0 amide bonds. The molecule has 3 rings (SSSR count). The van der Waals surface area contributed by atoms with Gasteiger partial charge in [0.15, 0.2) is 0 Å². The summed E-state index contributed by atoms with van der Waals surface area (Å²) < 4.78 is 8.02. The van der Waals surface area contributed by atoms with Gasteiger partial charge in [-0.1, -0.05) is 25.3 Å². The van der Waals surface area contributed by atoms with E-state index < -0.39 is 0 Å². The van der Waals surface area contributed by atoms with Crippen LogP contribution in [0.4, 0.5) is 5.95 Å². The highest BCUT2D eigenvalue weighted by Gasteiger charge is 2.18. The third-order valence-corrected chi connectivity index (χ3v) is 4.30. The van der Waals surface area contributed by atoms with E-state index in [-0.39, 0.29) is 6.10 Å². The Labute approximate surface area is 126 Å². The fourth-order valence-electron chi connectivity index (χ4n) is 3.31. The van der Waals surface area contributed by atoms with E-state index in [0.29, 0.717) is 5.95 Å². The molecule has 21 heavy (non-hydrogen) atoms. The number of nitrogens with zero attached hydrogens (tertiary/aromatic N) is 2. The van der Waals surface area contributed by atoms with E-state index in [1.165, 1.54) is 32.1 Å². The molecule has 1 heterocycles. The number of nitrogens with two attached hydrogens (primary N) is 1. The summed E-state index contributed by atoms with van der Waals surface area (Å²) in [5.41, 5.74) is 8.15. The molecule has 0 saturated heterocycles. The first-order chi connectivity index (χ1) is 10.1. The molecule has 1 aliphatic carbocycles. The molecule has 4 nitrogen and oxygen atoms in total. The highest BCUT2D eigenvalue weighted by Crippen LogP contribution is 2.31. The standard InChI is InChI=1S/C17H25N3O/c1-12(2)21-15-10-6-9-14-16(15)19-17(18)20(14)11-13-7-4-3-5-8-13/h6,9-10,12-13H,3-5,7-8,11H2,1-2H3,(H2,18,19). The van der Waals surface area contributed by atoms with E-state index in [4.69, 9.17) is 10.5 Å². The van der Waals surface area contributed by atoms with Gasteiger partial charge in [0.1, 0.15) is 11.3 Å². The number of ether oxygens (including phenoxy) is 1. The lowest BCUT2D eigenvalue weighted by molar-refractivity contribution is 0.245. The van der Waals surface area contributed by atoms with Crippen molar-refractivity contribution in [2.75, 3.05) is 5.73 Å². The van der Waals surface area contributed by atoms with Gasteiger partial charge in [-0.15, -0.1) is 0 Å². The molecule has 0 atom stereocenters. The molecule has 0 aliphatic heterocycles. The smallest absolute Gasteiger partial charge is 0.201 e. The number of hydrogen-bond acceptors (Lipinski definition) is 3. The second kappa shape index (κ2) is 5.96. The maximum absolute atomic E-state index is 6.17. The molecular formula is C17H25N3O.